The minimum Gasteiger partial charge on any atom is -0.450 e. The lowest BCUT2D eigenvalue weighted by atomic mass is 10.1. The number of ketones is 1. The van der Waals surface area contributed by atoms with E-state index in [1.165, 1.54) is 0 Å². The highest BCUT2D eigenvalue weighted by atomic mass is 16.5. The summed E-state index contributed by atoms with van der Waals surface area (Å²) in [4.78, 5) is 22.7. The van der Waals surface area contributed by atoms with Crippen molar-refractivity contribution in [3.05, 3.63) is 0 Å². The van der Waals surface area contributed by atoms with E-state index in [0.717, 1.165) is 32.4 Å². The van der Waals surface area contributed by atoms with Crippen molar-refractivity contribution in [2.45, 2.75) is 51.5 Å². The molecular weight excluding hydrogens is 232 g/mol. The SMILES string of the molecule is CCCC(=O)CCCOC(=O)NC1CCNCC1. The maximum absolute atomic E-state index is 11.4. The predicted octanol–water partition coefficient (Wildman–Crippen LogP) is 1.61. The second kappa shape index (κ2) is 8.91. The number of hydrogen-bond acceptors (Lipinski definition) is 4. The summed E-state index contributed by atoms with van der Waals surface area (Å²) in [5.74, 6) is 0.250. The fourth-order valence-electron chi connectivity index (χ4n) is 2.01. The molecule has 0 unspecified atom stereocenters. The van der Waals surface area contributed by atoms with Crippen molar-refractivity contribution < 1.29 is 14.3 Å². The van der Waals surface area contributed by atoms with E-state index in [4.69, 9.17) is 4.74 Å². The quantitative estimate of drug-likeness (QED) is 0.679. The van der Waals surface area contributed by atoms with E-state index in [9.17, 15) is 9.59 Å². The summed E-state index contributed by atoms with van der Waals surface area (Å²) in [6.07, 6.45) is 4.18. The molecule has 1 amide bonds. The van der Waals surface area contributed by atoms with E-state index in [1.807, 2.05) is 6.92 Å². The first-order valence-electron chi connectivity index (χ1n) is 6.88. The summed E-state index contributed by atoms with van der Waals surface area (Å²) in [5.41, 5.74) is 0. The highest BCUT2D eigenvalue weighted by Crippen LogP contribution is 2.03. The second-order valence-corrected chi connectivity index (χ2v) is 4.70. The molecule has 0 aliphatic carbocycles. The molecule has 0 aromatic carbocycles. The molecule has 2 N–H and O–H groups in total. The molecule has 1 aliphatic rings. The van der Waals surface area contributed by atoms with Crippen molar-refractivity contribution in [2.75, 3.05) is 19.7 Å². The first kappa shape index (κ1) is 15.0. The Hall–Kier alpha value is -1.10. The molecule has 5 nitrogen and oxygen atoms in total. The van der Waals surface area contributed by atoms with E-state index in [0.29, 0.717) is 25.9 Å². The van der Waals surface area contributed by atoms with Crippen molar-refractivity contribution in [3.8, 4) is 0 Å². The monoisotopic (exact) mass is 256 g/mol. The molecule has 0 saturated carbocycles. The first-order valence-corrected chi connectivity index (χ1v) is 6.88. The van der Waals surface area contributed by atoms with Gasteiger partial charge in [0.05, 0.1) is 6.61 Å². The largest absolute Gasteiger partial charge is 0.450 e. The van der Waals surface area contributed by atoms with Gasteiger partial charge in [-0.15, -0.1) is 0 Å². The summed E-state index contributed by atoms with van der Waals surface area (Å²) < 4.78 is 5.05. The first-order chi connectivity index (χ1) is 8.72. The van der Waals surface area contributed by atoms with Crippen LogP contribution in [0.15, 0.2) is 0 Å². The van der Waals surface area contributed by atoms with Crippen LogP contribution in [0.2, 0.25) is 0 Å². The maximum Gasteiger partial charge on any atom is 0.407 e. The van der Waals surface area contributed by atoms with Crippen LogP contribution >= 0.6 is 0 Å². The lowest BCUT2D eigenvalue weighted by Gasteiger charge is -2.23. The molecule has 1 rings (SSSR count). The van der Waals surface area contributed by atoms with Crippen molar-refractivity contribution in [1.29, 1.82) is 0 Å². The van der Waals surface area contributed by atoms with Gasteiger partial charge in [-0.25, -0.2) is 4.79 Å². The van der Waals surface area contributed by atoms with E-state index >= 15 is 0 Å². The fourth-order valence-corrected chi connectivity index (χ4v) is 2.01. The van der Waals surface area contributed by atoms with Gasteiger partial charge in [0.15, 0.2) is 0 Å². The van der Waals surface area contributed by atoms with Crippen LogP contribution in [0, 0.1) is 0 Å². The van der Waals surface area contributed by atoms with Crippen molar-refractivity contribution in [1.82, 2.24) is 10.6 Å². The molecule has 18 heavy (non-hydrogen) atoms. The van der Waals surface area contributed by atoms with Crippen LogP contribution in [0.4, 0.5) is 4.79 Å². The normalized spacial score (nSPS) is 16.3. The van der Waals surface area contributed by atoms with Gasteiger partial charge in [-0.05, 0) is 38.8 Å². The van der Waals surface area contributed by atoms with Crippen LogP contribution in [0.3, 0.4) is 0 Å². The molecular formula is C13H24N2O3. The van der Waals surface area contributed by atoms with Crippen LogP contribution in [0.5, 0.6) is 0 Å². The molecule has 1 aliphatic heterocycles. The van der Waals surface area contributed by atoms with Gasteiger partial charge in [-0.3, -0.25) is 4.79 Å². The predicted molar refractivity (Wildman–Crippen MR) is 69.5 cm³/mol. The number of piperidine rings is 1. The minimum absolute atomic E-state index is 0.223. The number of amides is 1. The van der Waals surface area contributed by atoms with E-state index in [-0.39, 0.29) is 17.9 Å². The third-order valence-electron chi connectivity index (χ3n) is 3.02. The van der Waals surface area contributed by atoms with Gasteiger partial charge >= 0.3 is 6.09 Å². The van der Waals surface area contributed by atoms with Gasteiger partial charge < -0.3 is 15.4 Å². The average molecular weight is 256 g/mol. The molecule has 104 valence electrons. The lowest BCUT2D eigenvalue weighted by Crippen LogP contribution is -2.43. The van der Waals surface area contributed by atoms with Crippen LogP contribution in [0.25, 0.3) is 0 Å². The Morgan fingerprint density at radius 2 is 2.00 bits per heavy atom. The third kappa shape index (κ3) is 6.59. The highest BCUT2D eigenvalue weighted by molar-refractivity contribution is 5.78. The van der Waals surface area contributed by atoms with E-state index < -0.39 is 0 Å². The standard InChI is InChI=1S/C13H24N2O3/c1-2-4-12(16)5-3-10-18-13(17)15-11-6-8-14-9-7-11/h11,14H,2-10H2,1H3,(H,15,17). The third-order valence-corrected chi connectivity index (χ3v) is 3.02. The Bertz CT molecular complexity index is 263. The molecule has 0 spiro atoms. The number of rotatable bonds is 7. The van der Waals surface area contributed by atoms with Crippen LogP contribution in [-0.2, 0) is 9.53 Å². The van der Waals surface area contributed by atoms with Gasteiger partial charge in [0, 0.05) is 18.9 Å². The van der Waals surface area contributed by atoms with Gasteiger partial charge in [-0.1, -0.05) is 6.92 Å². The lowest BCUT2D eigenvalue weighted by molar-refractivity contribution is -0.119. The van der Waals surface area contributed by atoms with E-state index in [1.54, 1.807) is 0 Å². The van der Waals surface area contributed by atoms with Crippen LogP contribution in [0.1, 0.15) is 45.4 Å². The zero-order valence-corrected chi connectivity index (χ0v) is 11.2. The van der Waals surface area contributed by atoms with Crippen LogP contribution < -0.4 is 10.6 Å². The average Bonchev–Trinajstić information content (AvgIpc) is 2.36. The Morgan fingerprint density at radius 1 is 1.28 bits per heavy atom. The topological polar surface area (TPSA) is 67.4 Å². The van der Waals surface area contributed by atoms with Gasteiger partial charge in [0.25, 0.3) is 0 Å². The minimum atomic E-state index is -0.357. The molecule has 1 heterocycles. The van der Waals surface area contributed by atoms with Gasteiger partial charge in [-0.2, -0.15) is 0 Å². The summed E-state index contributed by atoms with van der Waals surface area (Å²) in [7, 11) is 0. The Kier molecular flexibility index (Phi) is 7.41. The van der Waals surface area contributed by atoms with Crippen molar-refractivity contribution in [2.24, 2.45) is 0 Å². The smallest absolute Gasteiger partial charge is 0.407 e. The highest BCUT2D eigenvalue weighted by Gasteiger charge is 2.15. The molecule has 0 aromatic rings. The number of alkyl carbamates (subject to hydrolysis) is 1. The van der Waals surface area contributed by atoms with Crippen molar-refractivity contribution in [3.63, 3.8) is 0 Å². The zero-order chi connectivity index (χ0) is 13.2. The Morgan fingerprint density at radius 3 is 2.67 bits per heavy atom. The molecule has 0 atom stereocenters. The maximum atomic E-state index is 11.4. The molecule has 1 fully saturated rings. The van der Waals surface area contributed by atoms with Gasteiger partial charge in [0.1, 0.15) is 5.78 Å². The van der Waals surface area contributed by atoms with Gasteiger partial charge in [0.2, 0.25) is 0 Å². The molecule has 0 aromatic heterocycles. The number of carbonyl (C=O) groups is 2. The fraction of sp³-hybridized carbons (Fsp3) is 0.846. The molecule has 5 heteroatoms. The van der Waals surface area contributed by atoms with Crippen molar-refractivity contribution >= 4 is 11.9 Å². The Labute approximate surface area is 109 Å². The second-order valence-electron chi connectivity index (χ2n) is 4.70. The number of hydrogen-bond donors (Lipinski definition) is 2. The number of nitrogens with one attached hydrogen (secondary N) is 2. The summed E-state index contributed by atoms with van der Waals surface area (Å²) >= 11 is 0. The molecule has 0 radical (unpaired) electrons. The summed E-state index contributed by atoms with van der Waals surface area (Å²) in [6.45, 7) is 4.19. The zero-order valence-electron chi connectivity index (χ0n) is 11.2. The summed E-state index contributed by atoms with van der Waals surface area (Å²) in [6, 6.07) is 0.223. The number of ether oxygens (including phenoxy) is 1. The number of Topliss-reactive ketones (excluding diaryl/α,β-unsaturated/α-hetero) is 1. The van der Waals surface area contributed by atoms with Crippen LogP contribution in [-0.4, -0.2) is 37.6 Å². The Balaban J connectivity index is 2.01. The summed E-state index contributed by atoms with van der Waals surface area (Å²) in [5, 5.41) is 6.08. The number of carbonyl (C=O) groups excluding carboxylic acids is 2. The molecule has 0 bridgehead atoms. The van der Waals surface area contributed by atoms with E-state index in [2.05, 4.69) is 10.6 Å². The molecule has 1 saturated heterocycles.